The topological polar surface area (TPSA) is 42.8 Å². The van der Waals surface area contributed by atoms with Crippen LogP contribution < -0.4 is 14.9 Å². The van der Waals surface area contributed by atoms with Crippen LogP contribution >= 0.6 is 0 Å². The van der Waals surface area contributed by atoms with E-state index in [2.05, 4.69) is 29.6 Å². The molecule has 0 aromatic heterocycles. The predicted octanol–water partition coefficient (Wildman–Crippen LogP) is 4.00. The zero-order valence-corrected chi connectivity index (χ0v) is 13.8. The minimum atomic E-state index is 0.606. The quantitative estimate of drug-likeness (QED) is 0.562. The predicted molar refractivity (Wildman–Crippen MR) is 94.3 cm³/mol. The Bertz CT molecular complexity index is 612. The van der Waals surface area contributed by atoms with E-state index in [-0.39, 0.29) is 0 Å². The van der Waals surface area contributed by atoms with Gasteiger partial charge in [0.1, 0.15) is 0 Å². The summed E-state index contributed by atoms with van der Waals surface area (Å²) in [7, 11) is 0. The van der Waals surface area contributed by atoms with E-state index < -0.39 is 0 Å². The number of hydrogen-bond donors (Lipinski definition) is 1. The molecular weight excluding hydrogens is 288 g/mol. The fourth-order valence-corrected chi connectivity index (χ4v) is 2.06. The van der Waals surface area contributed by atoms with Gasteiger partial charge in [-0.15, -0.1) is 0 Å². The van der Waals surface area contributed by atoms with Crippen LogP contribution in [-0.4, -0.2) is 19.4 Å². The number of hydrazone groups is 1. The lowest BCUT2D eigenvalue weighted by atomic mass is 10.2. The summed E-state index contributed by atoms with van der Waals surface area (Å²) in [6, 6.07) is 16.0. The van der Waals surface area contributed by atoms with Crippen molar-refractivity contribution < 1.29 is 9.47 Å². The summed E-state index contributed by atoms with van der Waals surface area (Å²) in [6.45, 7) is 6.04. The first-order chi connectivity index (χ1) is 11.3. The molecule has 0 bridgehead atoms. The highest BCUT2D eigenvalue weighted by molar-refractivity contribution is 5.80. The van der Waals surface area contributed by atoms with Gasteiger partial charge in [-0.2, -0.15) is 5.10 Å². The lowest BCUT2D eigenvalue weighted by Crippen LogP contribution is -2.05. The standard InChI is InChI=1S/C19H24N2O2/c1-3-12-23-18-11-10-17(13-19(18)22-4-2)15-21-20-14-16-8-6-5-7-9-16/h5-11,13,15,20H,3-4,12,14H2,1-2H3. The molecule has 0 amide bonds. The molecule has 1 N–H and O–H groups in total. The molecule has 2 rings (SSSR count). The van der Waals surface area contributed by atoms with Crippen molar-refractivity contribution in [3.63, 3.8) is 0 Å². The molecule has 2 aromatic rings. The van der Waals surface area contributed by atoms with Crippen LogP contribution in [0.25, 0.3) is 0 Å². The molecule has 23 heavy (non-hydrogen) atoms. The Morgan fingerprint density at radius 2 is 1.83 bits per heavy atom. The first kappa shape index (κ1) is 16.9. The largest absolute Gasteiger partial charge is 0.490 e. The van der Waals surface area contributed by atoms with Gasteiger partial charge in [0.05, 0.1) is 26.0 Å². The molecule has 0 saturated heterocycles. The Balaban J connectivity index is 1.96. The lowest BCUT2D eigenvalue weighted by molar-refractivity contribution is 0.277. The SMILES string of the molecule is CCCOc1ccc(C=NNCc2ccccc2)cc1OCC. The molecule has 4 heteroatoms. The number of ether oxygens (including phenoxy) is 2. The fraction of sp³-hybridized carbons (Fsp3) is 0.316. The van der Waals surface area contributed by atoms with Crippen LogP contribution in [0.3, 0.4) is 0 Å². The third-order valence-corrected chi connectivity index (χ3v) is 3.16. The van der Waals surface area contributed by atoms with Gasteiger partial charge >= 0.3 is 0 Å². The monoisotopic (exact) mass is 312 g/mol. The molecule has 0 aliphatic heterocycles. The van der Waals surface area contributed by atoms with Crippen LogP contribution in [0, 0.1) is 0 Å². The van der Waals surface area contributed by atoms with Gasteiger partial charge in [-0.25, -0.2) is 0 Å². The Morgan fingerprint density at radius 1 is 1.00 bits per heavy atom. The number of nitrogens with one attached hydrogen (secondary N) is 1. The van der Waals surface area contributed by atoms with Crippen molar-refractivity contribution in [2.45, 2.75) is 26.8 Å². The van der Waals surface area contributed by atoms with Gasteiger partial charge in [0.2, 0.25) is 0 Å². The molecule has 0 aliphatic carbocycles. The van der Waals surface area contributed by atoms with Crippen molar-refractivity contribution >= 4 is 6.21 Å². The van der Waals surface area contributed by atoms with E-state index in [0.29, 0.717) is 19.8 Å². The van der Waals surface area contributed by atoms with Crippen LogP contribution in [-0.2, 0) is 6.54 Å². The highest BCUT2D eigenvalue weighted by Crippen LogP contribution is 2.28. The Labute approximate surface area is 138 Å². The molecule has 122 valence electrons. The third kappa shape index (κ3) is 5.66. The van der Waals surface area contributed by atoms with E-state index in [9.17, 15) is 0 Å². The van der Waals surface area contributed by atoms with Gasteiger partial charge < -0.3 is 14.9 Å². The highest BCUT2D eigenvalue weighted by Gasteiger charge is 2.05. The van der Waals surface area contributed by atoms with Gasteiger partial charge in [0.25, 0.3) is 0 Å². The van der Waals surface area contributed by atoms with Gasteiger partial charge in [-0.1, -0.05) is 37.3 Å². The van der Waals surface area contributed by atoms with E-state index in [1.54, 1.807) is 6.21 Å². The van der Waals surface area contributed by atoms with Crippen molar-refractivity contribution in [2.24, 2.45) is 5.10 Å². The van der Waals surface area contributed by atoms with Crippen LogP contribution in [0.1, 0.15) is 31.4 Å². The Morgan fingerprint density at radius 3 is 2.57 bits per heavy atom. The normalized spacial score (nSPS) is 10.7. The maximum absolute atomic E-state index is 5.69. The molecule has 0 heterocycles. The lowest BCUT2D eigenvalue weighted by Gasteiger charge is -2.11. The molecule has 4 nitrogen and oxygen atoms in total. The van der Waals surface area contributed by atoms with Crippen LogP contribution in [0.4, 0.5) is 0 Å². The summed E-state index contributed by atoms with van der Waals surface area (Å²) in [4.78, 5) is 0. The molecule has 0 fully saturated rings. The summed E-state index contributed by atoms with van der Waals surface area (Å²) in [5.41, 5.74) is 5.22. The minimum Gasteiger partial charge on any atom is -0.490 e. The summed E-state index contributed by atoms with van der Waals surface area (Å²) < 4.78 is 11.3. The average molecular weight is 312 g/mol. The number of rotatable bonds is 9. The van der Waals surface area contributed by atoms with Crippen LogP contribution in [0.15, 0.2) is 53.6 Å². The zero-order valence-electron chi connectivity index (χ0n) is 13.8. The van der Waals surface area contributed by atoms with Crippen LogP contribution in [0.5, 0.6) is 11.5 Å². The summed E-state index contributed by atoms with van der Waals surface area (Å²) in [6.07, 6.45) is 2.76. The van der Waals surface area contributed by atoms with E-state index >= 15 is 0 Å². The fourth-order valence-electron chi connectivity index (χ4n) is 2.06. The maximum Gasteiger partial charge on any atom is 0.161 e. The first-order valence-corrected chi connectivity index (χ1v) is 8.03. The van der Waals surface area contributed by atoms with Gasteiger partial charge in [0, 0.05) is 0 Å². The first-order valence-electron chi connectivity index (χ1n) is 8.03. The summed E-state index contributed by atoms with van der Waals surface area (Å²) in [5.74, 6) is 1.54. The van der Waals surface area contributed by atoms with Crippen molar-refractivity contribution in [3.8, 4) is 11.5 Å². The van der Waals surface area contributed by atoms with Gasteiger partial charge in [0.15, 0.2) is 11.5 Å². The van der Waals surface area contributed by atoms with Gasteiger partial charge in [-0.05, 0) is 42.7 Å². The minimum absolute atomic E-state index is 0.606. The van der Waals surface area contributed by atoms with Crippen molar-refractivity contribution in [2.75, 3.05) is 13.2 Å². The highest BCUT2D eigenvalue weighted by atomic mass is 16.5. The molecule has 0 spiro atoms. The number of nitrogens with zero attached hydrogens (tertiary/aromatic N) is 1. The van der Waals surface area contributed by atoms with Crippen LogP contribution in [0.2, 0.25) is 0 Å². The smallest absolute Gasteiger partial charge is 0.161 e. The average Bonchev–Trinajstić information content (AvgIpc) is 2.59. The summed E-state index contributed by atoms with van der Waals surface area (Å²) >= 11 is 0. The van der Waals surface area contributed by atoms with Crippen molar-refractivity contribution in [1.29, 1.82) is 0 Å². The second-order valence-corrected chi connectivity index (χ2v) is 5.07. The van der Waals surface area contributed by atoms with Crippen molar-refractivity contribution in [1.82, 2.24) is 5.43 Å². The Hall–Kier alpha value is -2.49. The molecule has 0 saturated carbocycles. The molecule has 0 radical (unpaired) electrons. The van der Waals surface area contributed by atoms with E-state index in [4.69, 9.17) is 9.47 Å². The Kier molecular flexibility index (Phi) is 6.98. The molecule has 0 atom stereocenters. The van der Waals surface area contributed by atoms with E-state index in [0.717, 1.165) is 23.5 Å². The number of hydrogen-bond acceptors (Lipinski definition) is 4. The molecule has 0 aliphatic rings. The zero-order chi connectivity index (χ0) is 16.3. The molecule has 2 aromatic carbocycles. The number of benzene rings is 2. The second kappa shape index (κ2) is 9.51. The van der Waals surface area contributed by atoms with Gasteiger partial charge in [-0.3, -0.25) is 0 Å². The van der Waals surface area contributed by atoms with E-state index in [1.165, 1.54) is 5.56 Å². The third-order valence-electron chi connectivity index (χ3n) is 3.16. The second-order valence-electron chi connectivity index (χ2n) is 5.07. The van der Waals surface area contributed by atoms with E-state index in [1.807, 2.05) is 43.3 Å². The maximum atomic E-state index is 5.69. The molecular formula is C19H24N2O2. The van der Waals surface area contributed by atoms with Crippen molar-refractivity contribution in [3.05, 3.63) is 59.7 Å². The summed E-state index contributed by atoms with van der Waals surface area (Å²) in [5, 5.41) is 4.26. The molecule has 0 unspecified atom stereocenters.